The summed E-state index contributed by atoms with van der Waals surface area (Å²) in [6, 6.07) is 12.4. The molecule has 29 heavy (non-hydrogen) atoms. The molecule has 2 aromatic rings. The molecule has 1 aliphatic rings. The second kappa shape index (κ2) is 9.19. The molecule has 2 aromatic carbocycles. The Morgan fingerprint density at radius 3 is 2.62 bits per heavy atom. The van der Waals surface area contributed by atoms with Gasteiger partial charge in [0.25, 0.3) is 0 Å². The predicted molar refractivity (Wildman–Crippen MR) is 118 cm³/mol. The van der Waals surface area contributed by atoms with E-state index in [4.69, 9.17) is 9.47 Å². The van der Waals surface area contributed by atoms with Crippen LogP contribution in [0.1, 0.15) is 12.5 Å². The first-order valence-electron chi connectivity index (χ1n) is 8.65. The highest BCUT2D eigenvalue weighted by Gasteiger charge is 2.33. The van der Waals surface area contributed by atoms with Gasteiger partial charge in [-0.25, -0.2) is 9.79 Å². The molecule has 0 bridgehead atoms. The SMILES string of the molecule is CCOC(=O)C1=C(O)/C(=C/c2cc(Br)c(O)c(OC)c2)SC1=Nc1ccccc1. The minimum atomic E-state index is -0.639. The maximum atomic E-state index is 12.4. The summed E-state index contributed by atoms with van der Waals surface area (Å²) in [5.41, 5.74) is 1.33. The second-order valence-electron chi connectivity index (χ2n) is 5.86. The highest BCUT2D eigenvalue weighted by Crippen LogP contribution is 2.42. The van der Waals surface area contributed by atoms with Gasteiger partial charge in [0.05, 0.1) is 28.8 Å². The van der Waals surface area contributed by atoms with Gasteiger partial charge < -0.3 is 19.7 Å². The van der Waals surface area contributed by atoms with Crippen molar-refractivity contribution < 1.29 is 24.5 Å². The quantitative estimate of drug-likeness (QED) is 0.566. The Labute approximate surface area is 180 Å². The number of thioether (sulfide) groups is 1. The smallest absolute Gasteiger partial charge is 0.344 e. The zero-order valence-electron chi connectivity index (χ0n) is 15.7. The number of carbonyl (C=O) groups is 1. The molecule has 0 spiro atoms. The molecule has 6 nitrogen and oxygen atoms in total. The van der Waals surface area contributed by atoms with Gasteiger partial charge in [-0.05, 0) is 58.8 Å². The number of hydrogen-bond donors (Lipinski definition) is 2. The van der Waals surface area contributed by atoms with Crippen molar-refractivity contribution >= 4 is 50.5 Å². The molecule has 0 aliphatic carbocycles. The Morgan fingerprint density at radius 1 is 1.24 bits per heavy atom. The summed E-state index contributed by atoms with van der Waals surface area (Å²) in [4.78, 5) is 17.4. The van der Waals surface area contributed by atoms with Crippen LogP contribution in [0.5, 0.6) is 11.5 Å². The number of aromatic hydroxyl groups is 1. The summed E-state index contributed by atoms with van der Waals surface area (Å²) >= 11 is 4.44. The normalized spacial score (nSPS) is 16.5. The summed E-state index contributed by atoms with van der Waals surface area (Å²) in [6.07, 6.45) is 1.68. The van der Waals surface area contributed by atoms with Crippen LogP contribution in [0, 0.1) is 0 Å². The van der Waals surface area contributed by atoms with E-state index in [9.17, 15) is 15.0 Å². The number of aliphatic imine (C=N–C) groups is 1. The zero-order chi connectivity index (χ0) is 21.0. The van der Waals surface area contributed by atoms with Gasteiger partial charge in [-0.15, -0.1) is 0 Å². The number of ether oxygens (including phenoxy) is 2. The topological polar surface area (TPSA) is 88.4 Å². The van der Waals surface area contributed by atoms with Gasteiger partial charge in [0.1, 0.15) is 16.4 Å². The van der Waals surface area contributed by atoms with E-state index in [0.717, 1.165) is 11.8 Å². The fraction of sp³-hybridized carbons (Fsp3) is 0.143. The Kier molecular flexibility index (Phi) is 6.66. The predicted octanol–water partition coefficient (Wildman–Crippen LogP) is 5.36. The molecular weight excluding hydrogens is 458 g/mol. The van der Waals surface area contributed by atoms with E-state index in [-0.39, 0.29) is 29.4 Å². The van der Waals surface area contributed by atoms with E-state index < -0.39 is 5.97 Å². The Bertz CT molecular complexity index is 1030. The molecule has 0 unspecified atom stereocenters. The van der Waals surface area contributed by atoms with Gasteiger partial charge in [-0.1, -0.05) is 30.0 Å². The molecule has 3 rings (SSSR count). The van der Waals surface area contributed by atoms with Crippen LogP contribution in [0.25, 0.3) is 6.08 Å². The van der Waals surface area contributed by atoms with Crippen molar-refractivity contribution in [1.29, 1.82) is 0 Å². The number of carbonyl (C=O) groups excluding carboxylic acids is 1. The summed E-state index contributed by atoms with van der Waals surface area (Å²) < 4.78 is 10.7. The van der Waals surface area contributed by atoms with Crippen molar-refractivity contribution in [2.24, 2.45) is 4.99 Å². The van der Waals surface area contributed by atoms with Crippen molar-refractivity contribution in [1.82, 2.24) is 0 Å². The third kappa shape index (κ3) is 4.65. The lowest BCUT2D eigenvalue weighted by Crippen LogP contribution is -2.12. The van der Waals surface area contributed by atoms with Crippen molar-refractivity contribution in [3.05, 3.63) is 68.7 Å². The Balaban J connectivity index is 2.07. The highest BCUT2D eigenvalue weighted by atomic mass is 79.9. The third-order valence-corrected chi connectivity index (χ3v) is 5.55. The molecule has 1 aliphatic heterocycles. The average Bonchev–Trinajstić information content (AvgIpc) is 3.00. The molecule has 2 N–H and O–H groups in total. The fourth-order valence-corrected chi connectivity index (χ4v) is 4.09. The largest absolute Gasteiger partial charge is 0.506 e. The summed E-state index contributed by atoms with van der Waals surface area (Å²) in [5.74, 6) is -0.583. The minimum absolute atomic E-state index is 0.0213. The van der Waals surface area contributed by atoms with Gasteiger partial charge in [0, 0.05) is 0 Å². The third-order valence-electron chi connectivity index (χ3n) is 3.93. The molecular formula is C21H18BrNO5S. The maximum Gasteiger partial charge on any atom is 0.344 e. The van der Waals surface area contributed by atoms with Gasteiger partial charge >= 0.3 is 5.97 Å². The van der Waals surface area contributed by atoms with Gasteiger partial charge in [0.2, 0.25) is 0 Å². The van der Waals surface area contributed by atoms with Crippen LogP contribution in [0.2, 0.25) is 0 Å². The van der Waals surface area contributed by atoms with Crippen LogP contribution in [0.15, 0.2) is 68.2 Å². The van der Waals surface area contributed by atoms with Gasteiger partial charge in [-0.3, -0.25) is 0 Å². The summed E-state index contributed by atoms with van der Waals surface area (Å²) in [5, 5.41) is 21.1. The van der Waals surface area contributed by atoms with E-state index >= 15 is 0 Å². The van der Waals surface area contributed by atoms with Crippen molar-refractivity contribution in [3.63, 3.8) is 0 Å². The molecule has 1 heterocycles. The number of esters is 1. The number of para-hydroxylation sites is 1. The van der Waals surface area contributed by atoms with E-state index in [2.05, 4.69) is 20.9 Å². The number of rotatable bonds is 5. The molecule has 150 valence electrons. The average molecular weight is 476 g/mol. The zero-order valence-corrected chi connectivity index (χ0v) is 18.1. The number of phenolic OH excluding ortho intramolecular Hbond substituents is 1. The first kappa shape index (κ1) is 21.0. The lowest BCUT2D eigenvalue weighted by atomic mass is 10.1. The lowest BCUT2D eigenvalue weighted by molar-refractivity contribution is -0.138. The molecule has 0 amide bonds. The number of phenols is 1. The lowest BCUT2D eigenvalue weighted by Gasteiger charge is -2.07. The first-order chi connectivity index (χ1) is 13.9. The molecule has 0 atom stereocenters. The molecule has 0 fully saturated rings. The number of hydrogen-bond acceptors (Lipinski definition) is 7. The van der Waals surface area contributed by atoms with E-state index in [1.807, 2.05) is 18.2 Å². The number of aliphatic hydroxyl groups is 1. The van der Waals surface area contributed by atoms with Crippen LogP contribution in [0.3, 0.4) is 0 Å². The number of nitrogens with zero attached hydrogens (tertiary/aromatic N) is 1. The summed E-state index contributed by atoms with van der Waals surface area (Å²) in [7, 11) is 1.45. The number of halogens is 1. The van der Waals surface area contributed by atoms with Crippen LogP contribution < -0.4 is 4.74 Å². The molecule has 0 aromatic heterocycles. The van der Waals surface area contributed by atoms with E-state index in [0.29, 0.717) is 25.7 Å². The maximum absolute atomic E-state index is 12.4. The molecule has 0 radical (unpaired) electrons. The van der Waals surface area contributed by atoms with Crippen LogP contribution in [-0.4, -0.2) is 34.9 Å². The van der Waals surface area contributed by atoms with Crippen molar-refractivity contribution in [2.75, 3.05) is 13.7 Å². The molecule has 0 saturated carbocycles. The minimum Gasteiger partial charge on any atom is -0.506 e. The Hall–Kier alpha value is -2.71. The monoisotopic (exact) mass is 475 g/mol. The molecule has 0 saturated heterocycles. The Morgan fingerprint density at radius 2 is 1.97 bits per heavy atom. The van der Waals surface area contributed by atoms with Crippen LogP contribution in [0.4, 0.5) is 5.69 Å². The number of methoxy groups -OCH3 is 1. The van der Waals surface area contributed by atoms with Crippen molar-refractivity contribution in [2.45, 2.75) is 6.92 Å². The van der Waals surface area contributed by atoms with E-state index in [1.165, 1.54) is 7.11 Å². The van der Waals surface area contributed by atoms with Crippen LogP contribution in [-0.2, 0) is 9.53 Å². The standard InChI is InChI=1S/C21H18BrNO5S/c1-3-28-21(26)17-19(25)16(29-20(17)23-13-7-5-4-6-8-13)11-12-9-14(22)18(24)15(10-12)27-2/h4-11,24-25H,3H2,1-2H3/b16-11-,23-20?. The highest BCUT2D eigenvalue weighted by molar-refractivity contribution is 9.10. The van der Waals surface area contributed by atoms with Gasteiger partial charge in [0.15, 0.2) is 11.5 Å². The molecule has 8 heteroatoms. The fourth-order valence-electron chi connectivity index (χ4n) is 2.60. The van der Waals surface area contributed by atoms with E-state index in [1.54, 1.807) is 37.3 Å². The first-order valence-corrected chi connectivity index (χ1v) is 10.3. The van der Waals surface area contributed by atoms with Crippen molar-refractivity contribution in [3.8, 4) is 11.5 Å². The summed E-state index contributed by atoms with van der Waals surface area (Å²) in [6.45, 7) is 1.88. The van der Waals surface area contributed by atoms with Crippen LogP contribution >= 0.6 is 27.7 Å². The number of aliphatic hydroxyl groups excluding tert-OH is 1. The number of benzene rings is 2. The second-order valence-corrected chi connectivity index (χ2v) is 7.75. The van der Waals surface area contributed by atoms with Gasteiger partial charge in [-0.2, -0.15) is 0 Å².